The van der Waals surface area contributed by atoms with Crippen molar-refractivity contribution in [3.63, 3.8) is 0 Å². The number of benzene rings is 1. The molecular formula is C27H30N4O2. The van der Waals surface area contributed by atoms with Gasteiger partial charge in [0.15, 0.2) is 0 Å². The fraction of sp³-hybridized carbons (Fsp3) is 0.370. The van der Waals surface area contributed by atoms with Crippen molar-refractivity contribution < 1.29 is 9.84 Å². The Hall–Kier alpha value is -3.27. The average molecular weight is 443 g/mol. The maximum Gasteiger partial charge on any atom is 0.137 e. The molecule has 0 amide bonds. The number of hydrogen-bond acceptors (Lipinski definition) is 6. The van der Waals surface area contributed by atoms with E-state index in [9.17, 15) is 5.26 Å². The number of pyridine rings is 2. The Balaban J connectivity index is 1.37. The molecule has 1 fully saturated rings. The molecule has 1 aromatic carbocycles. The first-order chi connectivity index (χ1) is 16.2. The fourth-order valence-electron chi connectivity index (χ4n) is 4.12. The van der Waals surface area contributed by atoms with Gasteiger partial charge in [-0.3, -0.25) is 9.97 Å². The van der Waals surface area contributed by atoms with Crippen molar-refractivity contribution in [3.05, 3.63) is 77.4 Å². The number of ether oxygens (including phenoxy) is 1. The van der Waals surface area contributed by atoms with Crippen molar-refractivity contribution >= 4 is 0 Å². The van der Waals surface area contributed by atoms with Crippen LogP contribution in [0.4, 0.5) is 0 Å². The zero-order valence-corrected chi connectivity index (χ0v) is 18.8. The molecule has 4 rings (SSSR count). The van der Waals surface area contributed by atoms with Crippen LogP contribution in [0.2, 0.25) is 0 Å². The molecular weight excluding hydrogens is 412 g/mol. The molecule has 0 aliphatic carbocycles. The second-order valence-corrected chi connectivity index (χ2v) is 8.53. The third-order valence-corrected chi connectivity index (χ3v) is 6.12. The van der Waals surface area contributed by atoms with Crippen LogP contribution in [0, 0.1) is 17.2 Å². The lowest BCUT2D eigenvalue weighted by molar-refractivity contribution is 0.215. The van der Waals surface area contributed by atoms with Crippen LogP contribution in [0.15, 0.2) is 54.9 Å². The van der Waals surface area contributed by atoms with Gasteiger partial charge in [0.25, 0.3) is 0 Å². The number of nitriles is 1. The standard InChI is InChI=1S/C27H30N4O2/c28-16-24-14-22(5-7-27(24)33-19-20-8-11-29-12-9-20)23-10-13-30-26(15-23)3-1-2-25-6-4-21(18-32)17-31-25/h4-7,10,13-15,17,20,29,32H,1-3,8-9,11-12,18-19H2. The SMILES string of the molecule is N#Cc1cc(-c2ccnc(CCCc3ccc(CO)cn3)c2)ccc1OCC1CCNCC1. The first-order valence-corrected chi connectivity index (χ1v) is 11.6. The Kier molecular flexibility index (Phi) is 8.02. The van der Waals surface area contributed by atoms with Gasteiger partial charge in [-0.1, -0.05) is 12.1 Å². The van der Waals surface area contributed by atoms with E-state index in [4.69, 9.17) is 9.84 Å². The maximum absolute atomic E-state index is 9.67. The number of aliphatic hydroxyl groups is 1. The number of piperidine rings is 1. The summed E-state index contributed by atoms with van der Waals surface area (Å²) in [6.07, 6.45) is 8.43. The van der Waals surface area contributed by atoms with Crippen LogP contribution in [0.25, 0.3) is 11.1 Å². The number of nitrogens with one attached hydrogen (secondary N) is 1. The highest BCUT2D eigenvalue weighted by molar-refractivity contribution is 5.67. The van der Waals surface area contributed by atoms with Gasteiger partial charge in [0, 0.05) is 23.8 Å². The first kappa shape index (κ1) is 22.9. The van der Waals surface area contributed by atoms with Crippen LogP contribution >= 0.6 is 0 Å². The quantitative estimate of drug-likeness (QED) is 0.519. The molecule has 0 bridgehead atoms. The molecule has 2 aromatic heterocycles. The molecule has 1 saturated heterocycles. The van der Waals surface area contributed by atoms with Gasteiger partial charge in [-0.05, 0) is 98.1 Å². The molecule has 1 aliphatic rings. The Morgan fingerprint density at radius 3 is 2.58 bits per heavy atom. The first-order valence-electron chi connectivity index (χ1n) is 11.6. The minimum atomic E-state index is 0.0167. The lowest BCUT2D eigenvalue weighted by Crippen LogP contribution is -2.30. The molecule has 33 heavy (non-hydrogen) atoms. The molecule has 3 aromatic rings. The molecule has 0 radical (unpaired) electrons. The summed E-state index contributed by atoms with van der Waals surface area (Å²) in [5.74, 6) is 1.21. The van der Waals surface area contributed by atoms with Gasteiger partial charge in [0.1, 0.15) is 11.8 Å². The van der Waals surface area contributed by atoms with Gasteiger partial charge in [-0.2, -0.15) is 5.26 Å². The molecule has 6 nitrogen and oxygen atoms in total. The molecule has 6 heteroatoms. The fourth-order valence-corrected chi connectivity index (χ4v) is 4.12. The minimum Gasteiger partial charge on any atom is -0.492 e. The monoisotopic (exact) mass is 442 g/mol. The second-order valence-electron chi connectivity index (χ2n) is 8.53. The van der Waals surface area contributed by atoms with Crippen molar-refractivity contribution in [1.82, 2.24) is 15.3 Å². The summed E-state index contributed by atoms with van der Waals surface area (Å²) < 4.78 is 6.01. The Labute approximate surface area is 195 Å². The normalized spacial score (nSPS) is 14.1. The Bertz CT molecular complexity index is 1090. The lowest BCUT2D eigenvalue weighted by Gasteiger charge is -2.23. The number of hydrogen-bond donors (Lipinski definition) is 2. The molecule has 2 N–H and O–H groups in total. The van der Waals surface area contributed by atoms with Crippen LogP contribution in [-0.4, -0.2) is 34.8 Å². The Morgan fingerprint density at radius 1 is 1.00 bits per heavy atom. The molecule has 0 spiro atoms. The summed E-state index contributed by atoms with van der Waals surface area (Å²) in [7, 11) is 0. The smallest absolute Gasteiger partial charge is 0.137 e. The molecule has 0 unspecified atom stereocenters. The summed E-state index contributed by atoms with van der Waals surface area (Å²) >= 11 is 0. The van der Waals surface area contributed by atoms with Gasteiger partial charge in [-0.15, -0.1) is 0 Å². The van der Waals surface area contributed by atoms with E-state index in [2.05, 4.69) is 27.4 Å². The van der Waals surface area contributed by atoms with E-state index in [0.29, 0.717) is 23.8 Å². The molecule has 0 atom stereocenters. The highest BCUT2D eigenvalue weighted by atomic mass is 16.5. The Morgan fingerprint density at radius 2 is 1.82 bits per heavy atom. The molecule has 3 heterocycles. The number of aliphatic hydroxyl groups excluding tert-OH is 1. The van der Waals surface area contributed by atoms with Gasteiger partial charge in [0.05, 0.1) is 18.8 Å². The third-order valence-electron chi connectivity index (χ3n) is 6.12. The summed E-state index contributed by atoms with van der Waals surface area (Å²) in [5.41, 5.74) is 5.47. The average Bonchev–Trinajstić information content (AvgIpc) is 2.88. The van der Waals surface area contributed by atoms with Crippen LogP contribution in [0.1, 0.15) is 41.8 Å². The van der Waals surface area contributed by atoms with Crippen molar-refractivity contribution in [2.75, 3.05) is 19.7 Å². The van der Waals surface area contributed by atoms with E-state index in [-0.39, 0.29) is 6.61 Å². The predicted octanol–water partition coefficient (Wildman–Crippen LogP) is 4.06. The summed E-state index contributed by atoms with van der Waals surface area (Å²) in [5, 5.41) is 22.2. The van der Waals surface area contributed by atoms with E-state index in [1.807, 2.05) is 42.6 Å². The minimum absolute atomic E-state index is 0.0167. The van der Waals surface area contributed by atoms with E-state index >= 15 is 0 Å². The van der Waals surface area contributed by atoms with Crippen LogP contribution in [0.5, 0.6) is 5.75 Å². The predicted molar refractivity (Wildman–Crippen MR) is 128 cm³/mol. The highest BCUT2D eigenvalue weighted by Gasteiger charge is 2.15. The summed E-state index contributed by atoms with van der Waals surface area (Å²) in [4.78, 5) is 8.91. The number of rotatable bonds is 9. The third kappa shape index (κ3) is 6.38. The van der Waals surface area contributed by atoms with Gasteiger partial charge < -0.3 is 15.2 Å². The van der Waals surface area contributed by atoms with Crippen molar-refractivity contribution in [1.29, 1.82) is 5.26 Å². The van der Waals surface area contributed by atoms with Crippen LogP contribution in [-0.2, 0) is 19.4 Å². The second kappa shape index (κ2) is 11.6. The maximum atomic E-state index is 9.67. The summed E-state index contributed by atoms with van der Waals surface area (Å²) in [6.45, 7) is 2.75. The zero-order valence-electron chi connectivity index (χ0n) is 18.8. The van der Waals surface area contributed by atoms with Crippen molar-refractivity contribution in [2.24, 2.45) is 5.92 Å². The van der Waals surface area contributed by atoms with E-state index in [1.54, 1.807) is 6.20 Å². The number of aryl methyl sites for hydroxylation is 2. The molecule has 0 saturated carbocycles. The topological polar surface area (TPSA) is 91.1 Å². The number of aromatic nitrogens is 2. The van der Waals surface area contributed by atoms with Crippen molar-refractivity contribution in [2.45, 2.75) is 38.7 Å². The highest BCUT2D eigenvalue weighted by Crippen LogP contribution is 2.28. The largest absolute Gasteiger partial charge is 0.492 e. The van der Waals surface area contributed by atoms with Crippen LogP contribution in [0.3, 0.4) is 0 Å². The van der Waals surface area contributed by atoms with E-state index in [0.717, 1.165) is 73.3 Å². The summed E-state index contributed by atoms with van der Waals surface area (Å²) in [6, 6.07) is 16.1. The van der Waals surface area contributed by atoms with Gasteiger partial charge >= 0.3 is 0 Å². The van der Waals surface area contributed by atoms with Crippen LogP contribution < -0.4 is 10.1 Å². The molecule has 170 valence electrons. The van der Waals surface area contributed by atoms with E-state index in [1.165, 1.54) is 0 Å². The van der Waals surface area contributed by atoms with Gasteiger partial charge in [-0.25, -0.2) is 0 Å². The molecule has 1 aliphatic heterocycles. The lowest BCUT2D eigenvalue weighted by atomic mass is 9.99. The number of nitrogens with zero attached hydrogens (tertiary/aromatic N) is 3. The zero-order chi connectivity index (χ0) is 22.9. The van der Waals surface area contributed by atoms with E-state index < -0.39 is 0 Å². The van der Waals surface area contributed by atoms with Gasteiger partial charge in [0.2, 0.25) is 0 Å². The van der Waals surface area contributed by atoms with Crippen molar-refractivity contribution in [3.8, 4) is 22.9 Å².